The summed E-state index contributed by atoms with van der Waals surface area (Å²) in [5.74, 6) is 1.71. The first-order chi connectivity index (χ1) is 8.54. The molecule has 0 bridgehead atoms. The standard InChI is InChI=1S/C12H21N5O/c1-3-5-10-16-11(14)8(2)12(17-10)15-7-4-6-9(13)18/h3-7H2,1-2H3,(H2,13,18)(H3,14,15,16,17). The molecule has 0 aliphatic carbocycles. The van der Waals surface area contributed by atoms with Crippen molar-refractivity contribution in [2.75, 3.05) is 17.6 Å². The topological polar surface area (TPSA) is 107 Å². The molecular formula is C12H21N5O. The zero-order valence-electron chi connectivity index (χ0n) is 11.0. The monoisotopic (exact) mass is 251 g/mol. The van der Waals surface area contributed by atoms with E-state index < -0.39 is 0 Å². The Kier molecular flexibility index (Phi) is 5.35. The minimum atomic E-state index is -0.289. The second-order valence-corrected chi connectivity index (χ2v) is 4.25. The van der Waals surface area contributed by atoms with Crippen LogP contribution in [0.3, 0.4) is 0 Å². The van der Waals surface area contributed by atoms with E-state index in [2.05, 4.69) is 22.2 Å². The quantitative estimate of drug-likeness (QED) is 0.627. The van der Waals surface area contributed by atoms with Crippen LogP contribution in [0.15, 0.2) is 0 Å². The van der Waals surface area contributed by atoms with Gasteiger partial charge < -0.3 is 16.8 Å². The zero-order chi connectivity index (χ0) is 13.5. The molecule has 0 saturated heterocycles. The Morgan fingerprint density at radius 2 is 2.11 bits per heavy atom. The highest BCUT2D eigenvalue weighted by Crippen LogP contribution is 2.17. The first-order valence-electron chi connectivity index (χ1n) is 6.19. The van der Waals surface area contributed by atoms with E-state index in [9.17, 15) is 4.79 Å². The van der Waals surface area contributed by atoms with Crippen molar-refractivity contribution in [3.8, 4) is 0 Å². The molecule has 1 heterocycles. The molecule has 0 aliphatic rings. The van der Waals surface area contributed by atoms with E-state index in [1.54, 1.807) is 0 Å². The van der Waals surface area contributed by atoms with Crippen molar-refractivity contribution in [1.82, 2.24) is 9.97 Å². The predicted octanol–water partition coefficient (Wildman–Crippen LogP) is 0.997. The molecule has 6 nitrogen and oxygen atoms in total. The van der Waals surface area contributed by atoms with Gasteiger partial charge in [0.1, 0.15) is 17.5 Å². The number of carbonyl (C=O) groups is 1. The van der Waals surface area contributed by atoms with Crippen molar-refractivity contribution in [2.24, 2.45) is 5.73 Å². The van der Waals surface area contributed by atoms with Gasteiger partial charge in [-0.3, -0.25) is 4.79 Å². The van der Waals surface area contributed by atoms with Crippen LogP contribution in [0, 0.1) is 6.92 Å². The molecule has 1 aromatic rings. The largest absolute Gasteiger partial charge is 0.383 e. The van der Waals surface area contributed by atoms with E-state index in [-0.39, 0.29) is 5.91 Å². The number of carbonyl (C=O) groups excluding carboxylic acids is 1. The molecule has 1 rings (SSSR count). The maximum atomic E-state index is 10.6. The summed E-state index contributed by atoms with van der Waals surface area (Å²) < 4.78 is 0. The van der Waals surface area contributed by atoms with Crippen LogP contribution in [0.2, 0.25) is 0 Å². The fraction of sp³-hybridized carbons (Fsp3) is 0.583. The molecule has 5 N–H and O–H groups in total. The smallest absolute Gasteiger partial charge is 0.217 e. The maximum Gasteiger partial charge on any atom is 0.217 e. The van der Waals surface area contributed by atoms with E-state index in [0.29, 0.717) is 25.2 Å². The summed E-state index contributed by atoms with van der Waals surface area (Å²) in [5, 5.41) is 3.17. The molecule has 100 valence electrons. The van der Waals surface area contributed by atoms with Gasteiger partial charge in [0.2, 0.25) is 5.91 Å². The molecule has 1 amide bonds. The lowest BCUT2D eigenvalue weighted by atomic mass is 10.2. The van der Waals surface area contributed by atoms with E-state index in [1.165, 1.54) is 0 Å². The van der Waals surface area contributed by atoms with Crippen LogP contribution in [0.25, 0.3) is 0 Å². The zero-order valence-corrected chi connectivity index (χ0v) is 11.0. The second-order valence-electron chi connectivity index (χ2n) is 4.25. The Hall–Kier alpha value is -1.85. The van der Waals surface area contributed by atoms with Crippen molar-refractivity contribution in [3.63, 3.8) is 0 Å². The lowest BCUT2D eigenvalue weighted by Gasteiger charge is -2.11. The van der Waals surface area contributed by atoms with Crippen molar-refractivity contribution < 1.29 is 4.79 Å². The first kappa shape index (κ1) is 14.2. The van der Waals surface area contributed by atoms with Gasteiger partial charge in [-0.1, -0.05) is 6.92 Å². The Balaban J connectivity index is 2.65. The summed E-state index contributed by atoms with van der Waals surface area (Å²) >= 11 is 0. The van der Waals surface area contributed by atoms with E-state index in [1.807, 2.05) is 6.92 Å². The van der Waals surface area contributed by atoms with Crippen LogP contribution in [0.5, 0.6) is 0 Å². The number of nitrogens with two attached hydrogens (primary N) is 2. The molecule has 0 aliphatic heterocycles. The minimum absolute atomic E-state index is 0.289. The summed E-state index contributed by atoms with van der Waals surface area (Å²) in [6.07, 6.45) is 2.83. The van der Waals surface area contributed by atoms with Gasteiger partial charge >= 0.3 is 0 Å². The van der Waals surface area contributed by atoms with Gasteiger partial charge in [0.05, 0.1) is 0 Å². The highest BCUT2D eigenvalue weighted by Gasteiger charge is 2.07. The normalized spacial score (nSPS) is 10.3. The average Bonchev–Trinajstić information content (AvgIpc) is 2.30. The fourth-order valence-corrected chi connectivity index (χ4v) is 1.56. The third kappa shape index (κ3) is 4.20. The number of aromatic nitrogens is 2. The second kappa shape index (κ2) is 6.78. The average molecular weight is 251 g/mol. The molecule has 6 heteroatoms. The summed E-state index contributed by atoms with van der Waals surface area (Å²) in [4.78, 5) is 19.3. The van der Waals surface area contributed by atoms with Gasteiger partial charge in [-0.2, -0.15) is 0 Å². The van der Waals surface area contributed by atoms with Crippen LogP contribution in [-0.4, -0.2) is 22.4 Å². The van der Waals surface area contributed by atoms with Crippen LogP contribution in [0.1, 0.15) is 37.6 Å². The fourth-order valence-electron chi connectivity index (χ4n) is 1.56. The number of aryl methyl sites for hydroxylation is 1. The Morgan fingerprint density at radius 3 is 2.72 bits per heavy atom. The minimum Gasteiger partial charge on any atom is -0.383 e. The van der Waals surface area contributed by atoms with Crippen LogP contribution < -0.4 is 16.8 Å². The number of hydrogen-bond acceptors (Lipinski definition) is 5. The van der Waals surface area contributed by atoms with Crippen LogP contribution >= 0.6 is 0 Å². The molecule has 0 radical (unpaired) electrons. The number of anilines is 2. The molecule has 0 atom stereocenters. The number of nitrogens with zero attached hydrogens (tertiary/aromatic N) is 2. The number of nitrogens with one attached hydrogen (secondary N) is 1. The molecule has 0 unspecified atom stereocenters. The number of amides is 1. The summed E-state index contributed by atoms with van der Waals surface area (Å²) in [5.41, 5.74) is 11.8. The predicted molar refractivity (Wildman–Crippen MR) is 72.1 cm³/mol. The van der Waals surface area contributed by atoms with Crippen LogP contribution in [0.4, 0.5) is 11.6 Å². The molecular weight excluding hydrogens is 230 g/mol. The van der Waals surface area contributed by atoms with Crippen molar-refractivity contribution in [2.45, 2.75) is 39.5 Å². The molecule has 0 aromatic carbocycles. The number of hydrogen-bond donors (Lipinski definition) is 3. The highest BCUT2D eigenvalue weighted by atomic mass is 16.1. The SMILES string of the molecule is CCCc1nc(N)c(C)c(NCCCC(N)=O)n1. The van der Waals surface area contributed by atoms with Gasteiger partial charge in [-0.25, -0.2) is 9.97 Å². The number of primary amides is 1. The highest BCUT2D eigenvalue weighted by molar-refractivity contribution is 5.73. The van der Waals surface area contributed by atoms with Crippen molar-refractivity contribution in [1.29, 1.82) is 0 Å². The van der Waals surface area contributed by atoms with Gasteiger partial charge in [-0.15, -0.1) is 0 Å². The van der Waals surface area contributed by atoms with Gasteiger partial charge in [0.25, 0.3) is 0 Å². The third-order valence-corrected chi connectivity index (χ3v) is 2.60. The Morgan fingerprint density at radius 1 is 1.39 bits per heavy atom. The van der Waals surface area contributed by atoms with Crippen molar-refractivity contribution in [3.05, 3.63) is 11.4 Å². The van der Waals surface area contributed by atoms with E-state index >= 15 is 0 Å². The molecule has 1 aromatic heterocycles. The molecule has 0 saturated carbocycles. The third-order valence-electron chi connectivity index (χ3n) is 2.60. The summed E-state index contributed by atoms with van der Waals surface area (Å²) in [7, 11) is 0. The van der Waals surface area contributed by atoms with E-state index in [0.717, 1.165) is 30.0 Å². The molecule has 0 spiro atoms. The Labute approximate surface area is 107 Å². The summed E-state index contributed by atoms with van der Waals surface area (Å²) in [6.45, 7) is 4.59. The lowest BCUT2D eigenvalue weighted by molar-refractivity contribution is -0.118. The summed E-state index contributed by atoms with van der Waals surface area (Å²) in [6, 6.07) is 0. The Bertz CT molecular complexity index is 419. The van der Waals surface area contributed by atoms with Gasteiger partial charge in [-0.05, 0) is 19.8 Å². The number of nitrogen functional groups attached to an aromatic ring is 1. The molecule has 18 heavy (non-hydrogen) atoms. The maximum absolute atomic E-state index is 10.6. The molecule has 0 fully saturated rings. The van der Waals surface area contributed by atoms with Crippen molar-refractivity contribution >= 4 is 17.5 Å². The van der Waals surface area contributed by atoms with Crippen LogP contribution in [-0.2, 0) is 11.2 Å². The first-order valence-corrected chi connectivity index (χ1v) is 6.19. The lowest BCUT2D eigenvalue weighted by Crippen LogP contribution is -2.14. The van der Waals surface area contributed by atoms with Gasteiger partial charge in [0.15, 0.2) is 0 Å². The van der Waals surface area contributed by atoms with E-state index in [4.69, 9.17) is 11.5 Å². The number of rotatable bonds is 7. The van der Waals surface area contributed by atoms with Gasteiger partial charge in [0, 0.05) is 24.9 Å².